The number of halogens is 1. The Labute approximate surface area is 195 Å². The minimum absolute atomic E-state index is 0.157. The zero-order chi connectivity index (χ0) is 23.6. The molecule has 0 bridgehead atoms. The summed E-state index contributed by atoms with van der Waals surface area (Å²) in [4.78, 5) is 35.8. The van der Waals surface area contributed by atoms with Crippen LogP contribution >= 0.6 is 11.6 Å². The van der Waals surface area contributed by atoms with Crippen LogP contribution in [0.25, 0.3) is 0 Å². The first-order valence-electron chi connectivity index (χ1n) is 9.97. The lowest BCUT2D eigenvalue weighted by Gasteiger charge is -2.09. The second-order valence-electron chi connectivity index (χ2n) is 6.63. The minimum Gasteiger partial charge on any atom is -0.484 e. The summed E-state index contributed by atoms with van der Waals surface area (Å²) in [6.07, 6.45) is -0.807. The van der Waals surface area contributed by atoms with E-state index in [1.807, 2.05) is 0 Å². The van der Waals surface area contributed by atoms with Crippen LogP contribution in [0.2, 0.25) is 5.02 Å². The summed E-state index contributed by atoms with van der Waals surface area (Å²) in [5.41, 5.74) is 1.48. The van der Waals surface area contributed by atoms with Crippen LogP contribution in [0.3, 0.4) is 0 Å². The Morgan fingerprint density at radius 2 is 1.36 bits per heavy atom. The second kappa shape index (κ2) is 11.5. The molecule has 0 aliphatic carbocycles. The quantitative estimate of drug-likeness (QED) is 0.350. The molecule has 0 radical (unpaired) electrons. The van der Waals surface area contributed by atoms with E-state index in [1.54, 1.807) is 55.5 Å². The van der Waals surface area contributed by atoms with Gasteiger partial charge in [-0.2, -0.15) is 0 Å². The Balaban J connectivity index is 1.48. The molecule has 33 heavy (non-hydrogen) atoms. The van der Waals surface area contributed by atoms with E-state index in [0.717, 1.165) is 0 Å². The number of anilines is 2. The Kier molecular flexibility index (Phi) is 8.26. The molecule has 0 saturated carbocycles. The molecule has 3 aromatic rings. The smallest absolute Gasteiger partial charge is 0.484 e. The van der Waals surface area contributed by atoms with Crippen LogP contribution in [0, 0.1) is 0 Å². The summed E-state index contributed by atoms with van der Waals surface area (Å²) in [6, 6.07) is 19.4. The van der Waals surface area contributed by atoms with E-state index in [-0.39, 0.29) is 30.8 Å². The van der Waals surface area contributed by atoms with Gasteiger partial charge in [0, 0.05) is 22.0 Å². The highest BCUT2D eigenvalue weighted by Crippen LogP contribution is 2.18. The highest BCUT2D eigenvalue weighted by molar-refractivity contribution is 6.30. The molecule has 0 saturated heterocycles. The van der Waals surface area contributed by atoms with Gasteiger partial charge >= 0.3 is 6.16 Å². The number of hydrogen-bond acceptors (Lipinski definition) is 6. The van der Waals surface area contributed by atoms with Crippen molar-refractivity contribution in [2.45, 2.75) is 6.92 Å². The number of carbonyl (C=O) groups excluding carboxylic acids is 3. The molecular formula is C24H21ClN2O6. The van der Waals surface area contributed by atoms with Crippen LogP contribution in [0.4, 0.5) is 16.2 Å². The summed E-state index contributed by atoms with van der Waals surface area (Å²) in [5.74, 6) is 0.135. The molecule has 3 rings (SSSR count). The van der Waals surface area contributed by atoms with Gasteiger partial charge < -0.3 is 24.8 Å². The van der Waals surface area contributed by atoms with Gasteiger partial charge in [0.1, 0.15) is 11.5 Å². The predicted molar refractivity (Wildman–Crippen MR) is 124 cm³/mol. The van der Waals surface area contributed by atoms with Crippen molar-refractivity contribution in [1.29, 1.82) is 0 Å². The molecule has 0 spiro atoms. The van der Waals surface area contributed by atoms with E-state index in [9.17, 15) is 14.4 Å². The van der Waals surface area contributed by atoms with Crippen molar-refractivity contribution in [3.05, 3.63) is 83.4 Å². The average molecular weight is 469 g/mol. The predicted octanol–water partition coefficient (Wildman–Crippen LogP) is 5.15. The Morgan fingerprint density at radius 1 is 0.788 bits per heavy atom. The first-order chi connectivity index (χ1) is 15.9. The van der Waals surface area contributed by atoms with Crippen LogP contribution in [0.5, 0.6) is 11.5 Å². The normalized spacial score (nSPS) is 10.1. The number of benzene rings is 3. The van der Waals surface area contributed by atoms with Gasteiger partial charge in [-0.05, 0) is 79.7 Å². The Bertz CT molecular complexity index is 1100. The highest BCUT2D eigenvalue weighted by Gasteiger charge is 2.09. The molecule has 3 aromatic carbocycles. The number of hydrogen-bond donors (Lipinski definition) is 2. The summed E-state index contributed by atoms with van der Waals surface area (Å²) in [5, 5.41) is 6.05. The zero-order valence-electron chi connectivity index (χ0n) is 17.7. The summed E-state index contributed by atoms with van der Waals surface area (Å²) >= 11 is 5.81. The van der Waals surface area contributed by atoms with E-state index in [2.05, 4.69) is 10.6 Å². The number of nitrogens with one attached hydrogen (secondary N) is 2. The maximum atomic E-state index is 12.4. The monoisotopic (exact) mass is 468 g/mol. The third-order valence-corrected chi connectivity index (χ3v) is 4.44. The van der Waals surface area contributed by atoms with Crippen molar-refractivity contribution < 1.29 is 28.6 Å². The first kappa shape index (κ1) is 23.6. The molecule has 0 fully saturated rings. The SMILES string of the molecule is CCOC(=O)Oc1ccc(C(=O)Nc2ccc(NC(=O)COc3ccc(Cl)cc3)cc2)cc1. The molecule has 0 aromatic heterocycles. The van der Waals surface area contributed by atoms with Crippen LogP contribution in [0.1, 0.15) is 17.3 Å². The van der Waals surface area contributed by atoms with Crippen LogP contribution < -0.4 is 20.1 Å². The zero-order valence-corrected chi connectivity index (χ0v) is 18.4. The molecule has 0 heterocycles. The largest absolute Gasteiger partial charge is 0.513 e. The Hall–Kier alpha value is -4.04. The number of ether oxygens (including phenoxy) is 3. The molecule has 0 unspecified atom stereocenters. The van der Waals surface area contributed by atoms with Crippen molar-refractivity contribution in [3.63, 3.8) is 0 Å². The topological polar surface area (TPSA) is 103 Å². The molecule has 0 atom stereocenters. The van der Waals surface area contributed by atoms with Gasteiger partial charge in [0.15, 0.2) is 6.61 Å². The van der Waals surface area contributed by atoms with Crippen LogP contribution in [0.15, 0.2) is 72.8 Å². The lowest BCUT2D eigenvalue weighted by Crippen LogP contribution is -2.20. The van der Waals surface area contributed by atoms with Gasteiger partial charge in [0.25, 0.3) is 11.8 Å². The molecular weight excluding hydrogens is 448 g/mol. The summed E-state index contributed by atoms with van der Waals surface area (Å²) in [7, 11) is 0. The molecule has 2 N–H and O–H groups in total. The number of rotatable bonds is 8. The third kappa shape index (κ3) is 7.55. The van der Waals surface area contributed by atoms with Gasteiger partial charge in [-0.3, -0.25) is 9.59 Å². The van der Waals surface area contributed by atoms with Gasteiger partial charge in [-0.15, -0.1) is 0 Å². The van der Waals surface area contributed by atoms with Crippen molar-refractivity contribution in [2.24, 2.45) is 0 Å². The van der Waals surface area contributed by atoms with Crippen molar-refractivity contribution in [3.8, 4) is 11.5 Å². The highest BCUT2D eigenvalue weighted by atomic mass is 35.5. The number of amides is 2. The van der Waals surface area contributed by atoms with Gasteiger partial charge in [0.05, 0.1) is 6.61 Å². The minimum atomic E-state index is -0.807. The van der Waals surface area contributed by atoms with E-state index in [1.165, 1.54) is 24.3 Å². The molecule has 0 aliphatic rings. The van der Waals surface area contributed by atoms with E-state index < -0.39 is 6.16 Å². The maximum absolute atomic E-state index is 12.4. The molecule has 8 nitrogen and oxygen atoms in total. The summed E-state index contributed by atoms with van der Waals surface area (Å²) < 4.78 is 15.1. The van der Waals surface area contributed by atoms with Gasteiger partial charge in [-0.1, -0.05) is 11.6 Å². The van der Waals surface area contributed by atoms with Crippen LogP contribution in [-0.4, -0.2) is 31.2 Å². The fraction of sp³-hybridized carbons (Fsp3) is 0.125. The van der Waals surface area contributed by atoms with E-state index >= 15 is 0 Å². The first-order valence-corrected chi connectivity index (χ1v) is 10.3. The fourth-order valence-corrected chi connectivity index (χ4v) is 2.76. The Morgan fingerprint density at radius 3 is 1.97 bits per heavy atom. The van der Waals surface area contributed by atoms with Gasteiger partial charge in [-0.25, -0.2) is 4.79 Å². The molecule has 2 amide bonds. The molecule has 0 aliphatic heterocycles. The van der Waals surface area contributed by atoms with Gasteiger partial charge in [0.2, 0.25) is 0 Å². The van der Waals surface area contributed by atoms with E-state index in [0.29, 0.717) is 27.7 Å². The van der Waals surface area contributed by atoms with Crippen molar-refractivity contribution in [2.75, 3.05) is 23.8 Å². The number of carbonyl (C=O) groups is 3. The maximum Gasteiger partial charge on any atom is 0.513 e. The standard InChI is InChI=1S/C24H21ClN2O6/c1-2-31-24(30)33-21-11-3-16(4-12-21)23(29)27-19-9-7-18(8-10-19)26-22(28)15-32-20-13-5-17(25)6-14-20/h3-14H,2,15H2,1H3,(H,26,28)(H,27,29). The molecule has 9 heteroatoms. The fourth-order valence-electron chi connectivity index (χ4n) is 2.63. The second-order valence-corrected chi connectivity index (χ2v) is 7.07. The van der Waals surface area contributed by atoms with E-state index in [4.69, 9.17) is 25.8 Å². The third-order valence-electron chi connectivity index (χ3n) is 4.19. The average Bonchev–Trinajstić information content (AvgIpc) is 2.80. The van der Waals surface area contributed by atoms with Crippen molar-refractivity contribution >= 4 is 40.9 Å². The van der Waals surface area contributed by atoms with Crippen LogP contribution in [-0.2, 0) is 9.53 Å². The molecule has 170 valence electrons. The lowest BCUT2D eigenvalue weighted by molar-refractivity contribution is -0.118. The summed E-state index contributed by atoms with van der Waals surface area (Å²) in [6.45, 7) is 1.72. The lowest BCUT2D eigenvalue weighted by atomic mass is 10.2. The van der Waals surface area contributed by atoms with Crippen molar-refractivity contribution in [1.82, 2.24) is 0 Å².